The minimum atomic E-state index is -1.16. The van der Waals surface area contributed by atoms with Crippen LogP contribution < -0.4 is 5.32 Å². The second kappa shape index (κ2) is 6.12. The zero-order valence-corrected chi connectivity index (χ0v) is 11.5. The third-order valence-corrected chi connectivity index (χ3v) is 3.20. The van der Waals surface area contributed by atoms with Gasteiger partial charge in [-0.2, -0.15) is 0 Å². The van der Waals surface area contributed by atoms with Crippen LogP contribution in [0.25, 0.3) is 11.3 Å². The number of rotatable bonds is 4. The van der Waals surface area contributed by atoms with Crippen LogP contribution in [0.15, 0.2) is 41.8 Å². The quantitative estimate of drug-likeness (QED) is 0.848. The van der Waals surface area contributed by atoms with Gasteiger partial charge in [0, 0.05) is 28.8 Å². The molecule has 0 bridgehead atoms. The molecule has 0 spiro atoms. The van der Waals surface area contributed by atoms with Crippen LogP contribution in [0.2, 0.25) is 0 Å². The third-order valence-electron chi connectivity index (χ3n) is 2.42. The van der Waals surface area contributed by atoms with Crippen LogP contribution in [-0.2, 0) is 9.59 Å². The van der Waals surface area contributed by atoms with Gasteiger partial charge in [-0.1, -0.05) is 12.1 Å². The van der Waals surface area contributed by atoms with Crippen molar-refractivity contribution in [2.75, 3.05) is 5.32 Å². The number of hydrogen-bond acceptors (Lipinski definition) is 4. The Kier molecular flexibility index (Phi) is 4.27. The number of anilines is 1. The molecule has 6 heteroatoms. The zero-order valence-electron chi connectivity index (χ0n) is 10.7. The lowest BCUT2D eigenvalue weighted by molar-refractivity contribution is -0.131. The summed E-state index contributed by atoms with van der Waals surface area (Å²) < 4.78 is 0. The van der Waals surface area contributed by atoms with Crippen molar-refractivity contribution >= 4 is 28.9 Å². The predicted molar refractivity (Wildman–Crippen MR) is 77.7 cm³/mol. The molecule has 1 aromatic heterocycles. The van der Waals surface area contributed by atoms with Gasteiger partial charge >= 0.3 is 5.97 Å². The van der Waals surface area contributed by atoms with Crippen molar-refractivity contribution in [2.45, 2.75) is 6.92 Å². The lowest BCUT2D eigenvalue weighted by Gasteiger charge is -2.04. The fourth-order valence-corrected chi connectivity index (χ4v) is 2.21. The number of aryl methyl sites for hydroxylation is 1. The number of nitrogens with zero attached hydrogens (tertiary/aromatic N) is 1. The average molecular weight is 288 g/mol. The highest BCUT2D eigenvalue weighted by molar-refractivity contribution is 7.09. The van der Waals surface area contributed by atoms with Gasteiger partial charge in [0.15, 0.2) is 0 Å². The Morgan fingerprint density at radius 3 is 2.80 bits per heavy atom. The van der Waals surface area contributed by atoms with Crippen molar-refractivity contribution in [3.8, 4) is 11.3 Å². The van der Waals surface area contributed by atoms with Gasteiger partial charge in [-0.05, 0) is 19.1 Å². The number of hydrogen-bond donors (Lipinski definition) is 2. The van der Waals surface area contributed by atoms with E-state index in [1.165, 1.54) is 0 Å². The lowest BCUT2D eigenvalue weighted by Crippen LogP contribution is -2.08. The molecule has 2 rings (SSSR count). The summed E-state index contributed by atoms with van der Waals surface area (Å²) in [5, 5.41) is 14.0. The summed E-state index contributed by atoms with van der Waals surface area (Å²) in [5.41, 5.74) is 2.34. The summed E-state index contributed by atoms with van der Waals surface area (Å²) >= 11 is 1.56. The first-order valence-corrected chi connectivity index (χ1v) is 6.67. The van der Waals surface area contributed by atoms with E-state index in [9.17, 15) is 9.59 Å². The second-order valence-electron chi connectivity index (χ2n) is 3.99. The maximum Gasteiger partial charge on any atom is 0.328 e. The molecule has 1 aromatic carbocycles. The Morgan fingerprint density at radius 1 is 1.35 bits per heavy atom. The van der Waals surface area contributed by atoms with Gasteiger partial charge in [0.2, 0.25) is 5.91 Å². The number of aliphatic carboxylic acids is 1. The van der Waals surface area contributed by atoms with Gasteiger partial charge in [-0.15, -0.1) is 11.3 Å². The van der Waals surface area contributed by atoms with Crippen LogP contribution in [0.5, 0.6) is 0 Å². The molecule has 20 heavy (non-hydrogen) atoms. The Labute approximate surface area is 119 Å². The van der Waals surface area contributed by atoms with Crippen LogP contribution >= 0.6 is 11.3 Å². The highest BCUT2D eigenvalue weighted by Gasteiger charge is 2.04. The first kappa shape index (κ1) is 14.0. The molecule has 0 aliphatic heterocycles. The number of amides is 1. The van der Waals surface area contributed by atoms with Crippen LogP contribution in [0.4, 0.5) is 5.69 Å². The number of benzene rings is 1. The molecule has 0 aliphatic rings. The van der Waals surface area contributed by atoms with Crippen molar-refractivity contribution in [2.24, 2.45) is 0 Å². The number of carboxylic acid groups (broad SMARTS) is 1. The summed E-state index contributed by atoms with van der Waals surface area (Å²) in [5.74, 6) is -1.65. The van der Waals surface area contributed by atoms with E-state index in [0.717, 1.165) is 28.4 Å². The van der Waals surface area contributed by atoms with Crippen molar-refractivity contribution in [1.29, 1.82) is 0 Å². The van der Waals surface area contributed by atoms with Gasteiger partial charge in [-0.3, -0.25) is 4.79 Å². The molecule has 1 heterocycles. The smallest absolute Gasteiger partial charge is 0.328 e. The van der Waals surface area contributed by atoms with Gasteiger partial charge in [0.05, 0.1) is 10.7 Å². The number of carbonyl (C=O) groups excluding carboxylic acids is 1. The molecule has 1 amide bonds. The zero-order chi connectivity index (χ0) is 14.5. The van der Waals surface area contributed by atoms with E-state index in [0.29, 0.717) is 5.69 Å². The Bertz CT molecular complexity index is 677. The molecule has 2 aromatic rings. The van der Waals surface area contributed by atoms with Crippen LogP contribution in [-0.4, -0.2) is 22.0 Å². The molecule has 2 N–H and O–H groups in total. The Morgan fingerprint density at radius 2 is 2.15 bits per heavy atom. The highest BCUT2D eigenvalue weighted by atomic mass is 32.1. The van der Waals surface area contributed by atoms with Gasteiger partial charge in [-0.25, -0.2) is 9.78 Å². The van der Waals surface area contributed by atoms with Crippen molar-refractivity contribution < 1.29 is 14.7 Å². The number of nitrogens with one attached hydrogen (secondary N) is 1. The van der Waals surface area contributed by atoms with Crippen molar-refractivity contribution in [1.82, 2.24) is 4.98 Å². The van der Waals surface area contributed by atoms with E-state index in [-0.39, 0.29) is 0 Å². The molecule has 5 nitrogen and oxygen atoms in total. The molecule has 0 saturated heterocycles. The van der Waals surface area contributed by atoms with Crippen LogP contribution in [0, 0.1) is 6.92 Å². The summed E-state index contributed by atoms with van der Waals surface area (Å²) in [6.45, 7) is 1.93. The molecule has 102 valence electrons. The Hall–Kier alpha value is -2.47. The van der Waals surface area contributed by atoms with Crippen molar-refractivity contribution in [3.63, 3.8) is 0 Å². The Balaban J connectivity index is 2.14. The van der Waals surface area contributed by atoms with Crippen LogP contribution in [0.3, 0.4) is 0 Å². The van der Waals surface area contributed by atoms with E-state index in [4.69, 9.17) is 5.11 Å². The van der Waals surface area contributed by atoms with Crippen LogP contribution in [0.1, 0.15) is 5.01 Å². The summed E-state index contributed by atoms with van der Waals surface area (Å²) in [4.78, 5) is 26.2. The third kappa shape index (κ3) is 3.76. The fraction of sp³-hybridized carbons (Fsp3) is 0.0714. The minimum absolute atomic E-state index is 0.487. The molecule has 0 radical (unpaired) electrons. The monoisotopic (exact) mass is 288 g/mol. The molecule has 0 unspecified atom stereocenters. The van der Waals surface area contributed by atoms with E-state index in [1.807, 2.05) is 18.4 Å². The maximum atomic E-state index is 11.5. The molecule has 0 atom stereocenters. The largest absolute Gasteiger partial charge is 0.478 e. The molecule has 0 saturated carbocycles. The fourth-order valence-electron chi connectivity index (χ4n) is 1.58. The maximum absolute atomic E-state index is 11.5. The summed E-state index contributed by atoms with van der Waals surface area (Å²) in [6.07, 6.45) is 1.77. The predicted octanol–water partition coefficient (Wildman–Crippen LogP) is 2.70. The van der Waals surface area contributed by atoms with E-state index >= 15 is 0 Å². The number of carbonyl (C=O) groups is 2. The minimum Gasteiger partial charge on any atom is -0.478 e. The molecule has 0 fully saturated rings. The number of aromatic nitrogens is 1. The van der Waals surface area contributed by atoms with Gasteiger partial charge < -0.3 is 10.4 Å². The summed E-state index contributed by atoms with van der Waals surface area (Å²) in [6, 6.07) is 7.23. The highest BCUT2D eigenvalue weighted by Crippen LogP contribution is 2.24. The first-order chi connectivity index (χ1) is 9.54. The first-order valence-electron chi connectivity index (χ1n) is 5.79. The molecular formula is C14H12N2O3S. The lowest BCUT2D eigenvalue weighted by atomic mass is 10.1. The van der Waals surface area contributed by atoms with Crippen molar-refractivity contribution in [3.05, 3.63) is 46.8 Å². The average Bonchev–Trinajstić information content (AvgIpc) is 2.83. The standard InChI is InChI=1S/C14H12N2O3S/c1-9-15-12(8-20-9)10-3-2-4-11(7-10)16-13(17)5-6-14(18)19/h2-8H,1H3,(H,16,17)(H,18,19)/b6-5+. The molecular weight excluding hydrogens is 276 g/mol. The number of carboxylic acids is 1. The normalized spacial score (nSPS) is 10.7. The molecule has 0 aliphatic carbocycles. The van der Waals surface area contributed by atoms with E-state index in [2.05, 4.69) is 10.3 Å². The van der Waals surface area contributed by atoms with Gasteiger partial charge in [0.1, 0.15) is 0 Å². The topological polar surface area (TPSA) is 79.3 Å². The van der Waals surface area contributed by atoms with Gasteiger partial charge in [0.25, 0.3) is 0 Å². The number of thiazole rings is 1. The second-order valence-corrected chi connectivity index (χ2v) is 5.06. The summed E-state index contributed by atoms with van der Waals surface area (Å²) in [7, 11) is 0. The SMILES string of the molecule is Cc1nc(-c2cccc(NC(=O)/C=C/C(=O)O)c2)cs1. The van der Waals surface area contributed by atoms with E-state index < -0.39 is 11.9 Å². The van der Waals surface area contributed by atoms with E-state index in [1.54, 1.807) is 29.5 Å².